The molecule has 2 aromatic rings. The van der Waals surface area contributed by atoms with Crippen molar-refractivity contribution in [2.45, 2.75) is 24.8 Å². The van der Waals surface area contributed by atoms with Crippen LogP contribution < -0.4 is 10.6 Å². The lowest BCUT2D eigenvalue weighted by Crippen LogP contribution is -2.56. The minimum atomic E-state index is -1.85. The van der Waals surface area contributed by atoms with Crippen LogP contribution in [-0.4, -0.2) is 88.0 Å². The highest BCUT2D eigenvalue weighted by molar-refractivity contribution is 6.43. The molecule has 1 aliphatic heterocycles. The van der Waals surface area contributed by atoms with Crippen molar-refractivity contribution in [1.82, 2.24) is 25.5 Å². The third kappa shape index (κ3) is 7.34. The van der Waals surface area contributed by atoms with E-state index in [0.29, 0.717) is 26.3 Å². The van der Waals surface area contributed by atoms with Gasteiger partial charge in [0.1, 0.15) is 11.7 Å². The van der Waals surface area contributed by atoms with Crippen LogP contribution in [0.2, 0.25) is 0 Å². The Morgan fingerprint density at radius 1 is 1.09 bits per heavy atom. The summed E-state index contributed by atoms with van der Waals surface area (Å²) in [6.07, 6.45) is 3.81. The monoisotopic (exact) mass is 455 g/mol. The molecule has 0 bridgehead atoms. The van der Waals surface area contributed by atoms with Crippen LogP contribution in [0.1, 0.15) is 22.5 Å². The highest BCUT2D eigenvalue weighted by Gasteiger charge is 2.32. The summed E-state index contributed by atoms with van der Waals surface area (Å²) < 4.78 is 5.25. The predicted molar refractivity (Wildman–Crippen MR) is 118 cm³/mol. The first-order valence-corrected chi connectivity index (χ1v) is 10.6. The van der Waals surface area contributed by atoms with Crippen LogP contribution in [0.4, 0.5) is 0 Å². The van der Waals surface area contributed by atoms with Gasteiger partial charge in [0.05, 0.1) is 31.8 Å². The number of hydrogen-bond acceptors (Lipinski definition) is 8. The Hall–Kier alpha value is -3.35. The van der Waals surface area contributed by atoms with Gasteiger partial charge in [0.25, 0.3) is 5.91 Å². The largest absolute Gasteiger partial charge is 0.475 e. The molecule has 4 N–H and O–H groups in total. The van der Waals surface area contributed by atoms with Crippen LogP contribution in [0.3, 0.4) is 0 Å². The zero-order valence-corrected chi connectivity index (χ0v) is 18.0. The molecule has 0 unspecified atom stereocenters. The highest BCUT2D eigenvalue weighted by atomic mass is 16.5. The van der Waals surface area contributed by atoms with Crippen LogP contribution in [0.5, 0.6) is 0 Å². The molecule has 1 aromatic heterocycles. The van der Waals surface area contributed by atoms with Crippen molar-refractivity contribution in [3.05, 3.63) is 60.2 Å². The SMILES string of the molecule is O=C(N[C@H](CC(=O)N1CCOCC1)C(=O)N[C@@H](Cc1ccccc1)B(O)O)c1cnccn1. The smallest absolute Gasteiger partial charge is 0.426 e. The number of morpholine rings is 1. The number of rotatable bonds is 9. The van der Waals surface area contributed by atoms with Gasteiger partial charge in [0.2, 0.25) is 11.8 Å². The number of nitrogens with one attached hydrogen (secondary N) is 2. The van der Waals surface area contributed by atoms with E-state index >= 15 is 0 Å². The number of amides is 3. The van der Waals surface area contributed by atoms with E-state index in [1.54, 1.807) is 29.2 Å². The molecule has 3 rings (SSSR count). The van der Waals surface area contributed by atoms with Crippen molar-refractivity contribution in [1.29, 1.82) is 0 Å². The quantitative estimate of drug-likeness (QED) is 0.336. The Kier molecular flexibility index (Phi) is 8.87. The van der Waals surface area contributed by atoms with E-state index in [1.807, 2.05) is 6.07 Å². The van der Waals surface area contributed by atoms with Crippen LogP contribution in [0, 0.1) is 0 Å². The standard InChI is InChI=1S/C21H26BN5O6/c28-19(27-8-10-33-11-9-27)13-16(25-21(30)17-14-23-6-7-24-17)20(29)26-18(22(31)32)12-15-4-2-1-3-5-15/h1-7,14,16,18,31-32H,8-13H2,(H,25,30)(H,26,29)/t16-,18+/m1/s1. The van der Waals surface area contributed by atoms with Crippen molar-refractivity contribution in [2.75, 3.05) is 26.3 Å². The molecule has 0 radical (unpaired) electrons. The van der Waals surface area contributed by atoms with Gasteiger partial charge in [-0.2, -0.15) is 0 Å². The van der Waals surface area contributed by atoms with Crippen molar-refractivity contribution in [3.8, 4) is 0 Å². The van der Waals surface area contributed by atoms with Gasteiger partial charge in [-0.25, -0.2) is 4.98 Å². The average Bonchev–Trinajstić information content (AvgIpc) is 2.84. The summed E-state index contributed by atoms with van der Waals surface area (Å²) in [5, 5.41) is 24.7. The van der Waals surface area contributed by atoms with Gasteiger partial charge in [-0.3, -0.25) is 19.4 Å². The molecule has 12 heteroatoms. The first-order valence-electron chi connectivity index (χ1n) is 10.6. The van der Waals surface area contributed by atoms with E-state index < -0.39 is 30.9 Å². The molecule has 174 valence electrons. The molecule has 33 heavy (non-hydrogen) atoms. The summed E-state index contributed by atoms with van der Waals surface area (Å²) in [4.78, 5) is 47.7. The third-order valence-electron chi connectivity index (χ3n) is 5.15. The molecule has 0 saturated carbocycles. The maximum Gasteiger partial charge on any atom is 0.475 e. The lowest BCUT2D eigenvalue weighted by atomic mass is 9.75. The number of hydrogen-bond donors (Lipinski definition) is 4. The van der Waals surface area contributed by atoms with Crippen LogP contribution in [-0.2, 0) is 20.7 Å². The highest BCUT2D eigenvalue weighted by Crippen LogP contribution is 2.08. The fraction of sp³-hybridized carbons (Fsp3) is 0.381. The van der Waals surface area contributed by atoms with Gasteiger partial charge < -0.3 is 30.3 Å². The van der Waals surface area contributed by atoms with E-state index in [-0.39, 0.29) is 24.4 Å². The molecule has 1 aromatic carbocycles. The molecule has 2 atom stereocenters. The molecule has 2 heterocycles. The Labute approximate surface area is 191 Å². The summed E-state index contributed by atoms with van der Waals surface area (Å²) in [6, 6.07) is 7.73. The molecule has 0 aliphatic carbocycles. The average molecular weight is 455 g/mol. The maximum absolute atomic E-state index is 13.1. The first kappa shape index (κ1) is 24.3. The van der Waals surface area contributed by atoms with Gasteiger partial charge in [0, 0.05) is 25.5 Å². The number of benzene rings is 1. The predicted octanol–water partition coefficient (Wildman–Crippen LogP) is -1.44. The van der Waals surface area contributed by atoms with Crippen LogP contribution in [0.15, 0.2) is 48.9 Å². The minimum Gasteiger partial charge on any atom is -0.426 e. The van der Waals surface area contributed by atoms with Crippen molar-refractivity contribution >= 4 is 24.8 Å². The van der Waals surface area contributed by atoms with Gasteiger partial charge in [0.15, 0.2) is 0 Å². The molecule has 11 nitrogen and oxygen atoms in total. The van der Waals surface area contributed by atoms with Crippen LogP contribution in [0.25, 0.3) is 0 Å². The lowest BCUT2D eigenvalue weighted by molar-refractivity contribution is -0.138. The van der Waals surface area contributed by atoms with E-state index in [4.69, 9.17) is 4.74 Å². The van der Waals surface area contributed by atoms with Crippen molar-refractivity contribution < 1.29 is 29.2 Å². The Balaban J connectivity index is 1.73. The molecule has 0 spiro atoms. The number of ether oxygens (including phenoxy) is 1. The molecule has 1 saturated heterocycles. The van der Waals surface area contributed by atoms with Gasteiger partial charge in [-0.15, -0.1) is 0 Å². The second-order valence-corrected chi connectivity index (χ2v) is 7.53. The normalized spacial score (nSPS) is 15.3. The fourth-order valence-corrected chi connectivity index (χ4v) is 3.36. The number of carbonyl (C=O) groups is 3. The number of nitrogens with zero attached hydrogens (tertiary/aromatic N) is 3. The molecular weight excluding hydrogens is 429 g/mol. The number of carbonyl (C=O) groups excluding carboxylic acids is 3. The van der Waals surface area contributed by atoms with Gasteiger partial charge in [-0.05, 0) is 12.0 Å². The van der Waals surface area contributed by atoms with Gasteiger partial charge >= 0.3 is 7.12 Å². The summed E-state index contributed by atoms with van der Waals surface area (Å²) in [5.41, 5.74) is 0.762. The maximum atomic E-state index is 13.1. The summed E-state index contributed by atoms with van der Waals surface area (Å²) in [5.74, 6) is -2.78. The molecule has 1 aliphatic rings. The third-order valence-corrected chi connectivity index (χ3v) is 5.15. The zero-order valence-electron chi connectivity index (χ0n) is 18.0. The second-order valence-electron chi connectivity index (χ2n) is 7.53. The second kappa shape index (κ2) is 12.0. The Morgan fingerprint density at radius 3 is 2.45 bits per heavy atom. The van der Waals surface area contributed by atoms with E-state index in [0.717, 1.165) is 5.56 Å². The topological polar surface area (TPSA) is 154 Å². The molecule has 1 fully saturated rings. The van der Waals surface area contributed by atoms with E-state index in [1.165, 1.54) is 18.6 Å². The molecule has 3 amide bonds. The molecular formula is C21H26BN5O6. The van der Waals surface area contributed by atoms with E-state index in [2.05, 4.69) is 20.6 Å². The summed E-state index contributed by atoms with van der Waals surface area (Å²) in [6.45, 7) is 1.56. The van der Waals surface area contributed by atoms with Crippen molar-refractivity contribution in [3.63, 3.8) is 0 Å². The first-order chi connectivity index (χ1) is 15.9. The van der Waals surface area contributed by atoms with Gasteiger partial charge in [-0.1, -0.05) is 30.3 Å². The number of aromatic nitrogens is 2. The van der Waals surface area contributed by atoms with Crippen molar-refractivity contribution in [2.24, 2.45) is 0 Å². The summed E-state index contributed by atoms with van der Waals surface area (Å²) in [7, 11) is -1.85. The minimum absolute atomic E-state index is 0.0165. The zero-order chi connectivity index (χ0) is 23.6. The van der Waals surface area contributed by atoms with Crippen LogP contribution >= 0.6 is 0 Å². The van der Waals surface area contributed by atoms with E-state index in [9.17, 15) is 24.4 Å². The Morgan fingerprint density at radius 2 is 1.82 bits per heavy atom. The fourth-order valence-electron chi connectivity index (χ4n) is 3.36. The lowest BCUT2D eigenvalue weighted by Gasteiger charge is -2.29. The summed E-state index contributed by atoms with van der Waals surface area (Å²) >= 11 is 0. The Bertz CT molecular complexity index is 927.